The van der Waals surface area contributed by atoms with Crippen LogP contribution < -0.4 is 0 Å². The monoisotopic (exact) mass is 198 g/mol. The van der Waals surface area contributed by atoms with Crippen molar-refractivity contribution >= 4 is 17.0 Å². The summed E-state index contributed by atoms with van der Waals surface area (Å²) in [6.07, 6.45) is -0.286. The number of carbonyl (C=O) groups excluding carboxylic acids is 1. The summed E-state index contributed by atoms with van der Waals surface area (Å²) in [5.41, 5.74) is 1.35. The van der Waals surface area contributed by atoms with Crippen molar-refractivity contribution in [2.45, 2.75) is 20.0 Å². The second-order valence-electron chi connectivity index (χ2n) is 2.91. The van der Waals surface area contributed by atoms with Gasteiger partial charge in [0.25, 0.3) is 0 Å². The molecule has 0 aliphatic rings. The van der Waals surface area contributed by atoms with E-state index in [-0.39, 0.29) is 6.10 Å². The molecule has 0 amide bonds. The van der Waals surface area contributed by atoms with Crippen molar-refractivity contribution in [3.05, 3.63) is 35.4 Å². The van der Waals surface area contributed by atoms with Crippen LogP contribution in [0.3, 0.4) is 0 Å². The van der Waals surface area contributed by atoms with Crippen LogP contribution in [0, 0.1) is 6.92 Å². The van der Waals surface area contributed by atoms with Crippen LogP contribution in [0.4, 0.5) is 4.79 Å². The third-order valence-corrected chi connectivity index (χ3v) is 1.91. The Balaban J connectivity index is 2.71. The quantitative estimate of drug-likeness (QED) is 0.681. The zero-order chi connectivity index (χ0) is 9.84. The predicted octanol–water partition coefficient (Wildman–Crippen LogP) is 3.43. The summed E-state index contributed by atoms with van der Waals surface area (Å²) in [6, 6.07) is 7.77. The lowest BCUT2D eigenvalue weighted by Crippen LogP contribution is -2.01. The number of carbonyl (C=O) groups is 1. The highest BCUT2D eigenvalue weighted by molar-refractivity contribution is 6.61. The molecule has 0 fully saturated rings. The lowest BCUT2D eigenvalue weighted by atomic mass is 10.1. The van der Waals surface area contributed by atoms with Crippen molar-refractivity contribution in [1.82, 2.24) is 0 Å². The van der Waals surface area contributed by atoms with Gasteiger partial charge < -0.3 is 4.74 Å². The topological polar surface area (TPSA) is 26.3 Å². The number of aryl methyl sites for hydroxylation is 1. The second kappa shape index (κ2) is 4.28. The fraction of sp³-hybridized carbons (Fsp3) is 0.300. The molecule has 1 aromatic rings. The minimum absolute atomic E-state index is 0.286. The first-order chi connectivity index (χ1) is 6.09. The Hall–Kier alpha value is -1.02. The third-order valence-electron chi connectivity index (χ3n) is 1.82. The molecule has 0 spiro atoms. The Kier molecular flexibility index (Phi) is 3.32. The highest BCUT2D eigenvalue weighted by atomic mass is 35.5. The molecular weight excluding hydrogens is 188 g/mol. The first kappa shape index (κ1) is 10.1. The summed E-state index contributed by atoms with van der Waals surface area (Å²) < 4.78 is 4.80. The molecule has 0 N–H and O–H groups in total. The van der Waals surface area contributed by atoms with Gasteiger partial charge in [-0.3, -0.25) is 0 Å². The van der Waals surface area contributed by atoms with Crippen LogP contribution in [0.15, 0.2) is 24.3 Å². The second-order valence-corrected chi connectivity index (χ2v) is 3.22. The van der Waals surface area contributed by atoms with E-state index in [1.54, 1.807) is 6.92 Å². The molecule has 0 aliphatic heterocycles. The molecule has 13 heavy (non-hydrogen) atoms. The lowest BCUT2D eigenvalue weighted by Gasteiger charge is -2.10. The first-order valence-electron chi connectivity index (χ1n) is 4.02. The lowest BCUT2D eigenvalue weighted by molar-refractivity contribution is 0.132. The summed E-state index contributed by atoms with van der Waals surface area (Å²) >= 11 is 5.09. The van der Waals surface area contributed by atoms with E-state index < -0.39 is 5.43 Å². The third kappa shape index (κ3) is 3.07. The highest BCUT2D eigenvalue weighted by Gasteiger charge is 2.08. The van der Waals surface area contributed by atoms with Gasteiger partial charge in [0.15, 0.2) is 0 Å². The van der Waals surface area contributed by atoms with Crippen molar-refractivity contribution in [2.24, 2.45) is 0 Å². The number of hydrogen-bond donors (Lipinski definition) is 0. The molecule has 70 valence electrons. The Morgan fingerprint density at radius 3 is 2.38 bits per heavy atom. The van der Waals surface area contributed by atoms with Gasteiger partial charge in [-0.25, -0.2) is 4.79 Å². The van der Waals surface area contributed by atoms with E-state index in [1.165, 1.54) is 5.56 Å². The maximum Gasteiger partial charge on any atom is 0.404 e. The fourth-order valence-corrected chi connectivity index (χ4v) is 1.18. The van der Waals surface area contributed by atoms with Gasteiger partial charge in [0.2, 0.25) is 0 Å². The summed E-state index contributed by atoms with van der Waals surface area (Å²) in [7, 11) is 0. The van der Waals surface area contributed by atoms with Crippen molar-refractivity contribution in [3.63, 3.8) is 0 Å². The van der Waals surface area contributed by atoms with Crippen molar-refractivity contribution in [2.75, 3.05) is 0 Å². The molecule has 1 rings (SSSR count). The number of ether oxygens (including phenoxy) is 1. The normalized spacial score (nSPS) is 12.2. The van der Waals surface area contributed by atoms with Gasteiger partial charge in [0, 0.05) is 11.6 Å². The summed E-state index contributed by atoms with van der Waals surface area (Å²) in [5.74, 6) is 0. The van der Waals surface area contributed by atoms with Gasteiger partial charge in [-0.1, -0.05) is 29.8 Å². The van der Waals surface area contributed by atoms with E-state index in [9.17, 15) is 4.79 Å². The van der Waals surface area contributed by atoms with Gasteiger partial charge >= 0.3 is 5.43 Å². The van der Waals surface area contributed by atoms with Crippen LogP contribution >= 0.6 is 11.6 Å². The number of rotatable bonds is 2. The standard InChI is InChI=1S/C10H11ClO2/c1-7-3-5-9(6-4-7)8(2)13-10(11)12/h3-6,8H,1-2H3/t8-/m1/s1. The van der Waals surface area contributed by atoms with Gasteiger partial charge in [0.1, 0.15) is 6.10 Å². The molecule has 0 saturated heterocycles. The molecule has 0 unspecified atom stereocenters. The van der Waals surface area contributed by atoms with Crippen LogP contribution in [0.25, 0.3) is 0 Å². The molecule has 1 aromatic carbocycles. The smallest absolute Gasteiger partial charge is 0.404 e. The zero-order valence-electron chi connectivity index (χ0n) is 7.58. The van der Waals surface area contributed by atoms with Crippen LogP contribution in [0.2, 0.25) is 0 Å². The van der Waals surface area contributed by atoms with Gasteiger partial charge in [-0.15, -0.1) is 0 Å². The predicted molar refractivity (Wildman–Crippen MR) is 51.9 cm³/mol. The molecule has 3 heteroatoms. The van der Waals surface area contributed by atoms with E-state index >= 15 is 0 Å². The SMILES string of the molecule is Cc1ccc([C@@H](C)OC(=O)Cl)cc1. The molecule has 1 atom stereocenters. The first-order valence-corrected chi connectivity index (χ1v) is 4.40. The maximum absolute atomic E-state index is 10.4. The Labute approximate surface area is 82.5 Å². The Morgan fingerprint density at radius 1 is 1.38 bits per heavy atom. The van der Waals surface area contributed by atoms with E-state index in [0.29, 0.717) is 0 Å². The van der Waals surface area contributed by atoms with E-state index in [0.717, 1.165) is 5.56 Å². The maximum atomic E-state index is 10.4. The average Bonchev–Trinajstić information content (AvgIpc) is 2.04. The molecule has 0 radical (unpaired) electrons. The van der Waals surface area contributed by atoms with Crippen LogP contribution in [-0.4, -0.2) is 5.43 Å². The van der Waals surface area contributed by atoms with Crippen LogP contribution in [0.5, 0.6) is 0 Å². The zero-order valence-corrected chi connectivity index (χ0v) is 8.34. The molecular formula is C10H11ClO2. The molecule has 0 aromatic heterocycles. The van der Waals surface area contributed by atoms with Crippen molar-refractivity contribution in [1.29, 1.82) is 0 Å². The summed E-state index contributed by atoms with van der Waals surface area (Å²) in [5, 5.41) is 0. The Bertz CT molecular complexity index is 292. The molecule has 0 saturated carbocycles. The van der Waals surface area contributed by atoms with Gasteiger partial charge in [-0.2, -0.15) is 0 Å². The minimum Gasteiger partial charge on any atom is -0.446 e. The number of hydrogen-bond acceptors (Lipinski definition) is 2. The van der Waals surface area contributed by atoms with E-state index in [1.807, 2.05) is 31.2 Å². The fourth-order valence-electron chi connectivity index (χ4n) is 1.04. The van der Waals surface area contributed by atoms with Crippen molar-refractivity contribution < 1.29 is 9.53 Å². The van der Waals surface area contributed by atoms with Crippen molar-refractivity contribution in [3.8, 4) is 0 Å². The summed E-state index contributed by atoms with van der Waals surface area (Å²) in [6.45, 7) is 3.78. The minimum atomic E-state index is -0.770. The molecule has 0 bridgehead atoms. The highest BCUT2D eigenvalue weighted by Crippen LogP contribution is 2.17. The molecule has 0 heterocycles. The Morgan fingerprint density at radius 2 is 1.92 bits per heavy atom. The van der Waals surface area contributed by atoms with Crippen LogP contribution in [0.1, 0.15) is 24.2 Å². The average molecular weight is 199 g/mol. The van der Waals surface area contributed by atoms with Gasteiger partial charge in [-0.05, 0) is 19.4 Å². The van der Waals surface area contributed by atoms with E-state index in [4.69, 9.17) is 16.3 Å². The van der Waals surface area contributed by atoms with Gasteiger partial charge in [0.05, 0.1) is 0 Å². The van der Waals surface area contributed by atoms with Crippen LogP contribution in [-0.2, 0) is 4.74 Å². The summed E-state index contributed by atoms with van der Waals surface area (Å²) in [4.78, 5) is 10.4. The largest absolute Gasteiger partial charge is 0.446 e. The molecule has 0 aliphatic carbocycles. The molecule has 2 nitrogen and oxygen atoms in total. The number of benzene rings is 1. The number of halogens is 1. The van der Waals surface area contributed by atoms with E-state index in [2.05, 4.69) is 0 Å².